The summed E-state index contributed by atoms with van der Waals surface area (Å²) in [5, 5.41) is 22.2. The normalized spacial score (nSPS) is 10.2. The number of nitrogens with zero attached hydrogens (tertiary/aromatic N) is 3. The maximum atomic E-state index is 12.0. The molecule has 0 spiro atoms. The molecule has 0 atom stereocenters. The average Bonchev–Trinajstić information content (AvgIpc) is 2.49. The smallest absolute Gasteiger partial charge is 0.359 e. The van der Waals surface area contributed by atoms with E-state index >= 15 is 0 Å². The summed E-state index contributed by atoms with van der Waals surface area (Å²) in [5.41, 5.74) is 0.433. The number of carbonyl (C=O) groups excluding carboxylic acids is 1. The second-order valence-electron chi connectivity index (χ2n) is 4.54. The third-order valence-corrected chi connectivity index (χ3v) is 3.64. The molecule has 1 N–H and O–H groups in total. The largest absolute Gasteiger partial charge is 0.461 e. The van der Waals surface area contributed by atoms with E-state index in [2.05, 4.69) is 5.10 Å². The average molecular weight is 351 g/mol. The Labute approximate surface area is 142 Å². The van der Waals surface area contributed by atoms with E-state index in [0.29, 0.717) is 10.7 Å². The van der Waals surface area contributed by atoms with Crippen molar-refractivity contribution in [3.63, 3.8) is 0 Å². The van der Waals surface area contributed by atoms with E-state index < -0.39 is 5.97 Å². The van der Waals surface area contributed by atoms with Gasteiger partial charge in [-0.25, -0.2) is 9.48 Å². The van der Waals surface area contributed by atoms with Gasteiger partial charge in [0.15, 0.2) is 11.2 Å². The number of aromatic nitrogens is 2. The highest BCUT2D eigenvalue weighted by Gasteiger charge is 2.20. The van der Waals surface area contributed by atoms with Crippen LogP contribution in [0.3, 0.4) is 0 Å². The molecule has 2 aromatic rings. The van der Waals surface area contributed by atoms with E-state index in [9.17, 15) is 10.1 Å². The molecule has 2 rings (SSSR count). The zero-order valence-corrected chi connectivity index (χ0v) is 13.9. The van der Waals surface area contributed by atoms with Gasteiger partial charge in [0.05, 0.1) is 17.3 Å². The van der Waals surface area contributed by atoms with Gasteiger partial charge in [0.2, 0.25) is 0 Å². The van der Waals surface area contributed by atoms with Gasteiger partial charge in [0.1, 0.15) is 11.6 Å². The Kier molecular flexibility index (Phi) is 5.04. The van der Waals surface area contributed by atoms with Gasteiger partial charge in [-0.2, -0.15) is 10.4 Å². The first-order valence-electron chi connectivity index (χ1n) is 6.61. The standard InChI is InChI=1S/C15H12Cl2N4O2/c1-3-23-15(22)13-8(2)10(7-18)14(19)21(20-13)12-5-4-9(16)6-11(12)17/h4-6,19H,3H2,1-2H3. The van der Waals surface area contributed by atoms with Gasteiger partial charge >= 0.3 is 5.97 Å². The molecule has 0 amide bonds. The highest BCUT2D eigenvalue weighted by atomic mass is 35.5. The van der Waals surface area contributed by atoms with E-state index in [1.165, 1.54) is 6.07 Å². The first kappa shape index (κ1) is 17.0. The van der Waals surface area contributed by atoms with Gasteiger partial charge in [-0.1, -0.05) is 23.2 Å². The Hall–Kier alpha value is -2.36. The lowest BCUT2D eigenvalue weighted by Crippen LogP contribution is -2.29. The van der Waals surface area contributed by atoms with Crippen molar-refractivity contribution in [3.05, 3.63) is 50.6 Å². The lowest BCUT2D eigenvalue weighted by atomic mass is 10.1. The van der Waals surface area contributed by atoms with Crippen molar-refractivity contribution in [2.75, 3.05) is 6.61 Å². The Bertz CT molecular complexity index is 884. The predicted octanol–water partition coefficient (Wildman–Crippen LogP) is 3.02. The number of hydrogen-bond acceptors (Lipinski definition) is 5. The molecule has 23 heavy (non-hydrogen) atoms. The minimum atomic E-state index is -0.666. The molecule has 0 saturated carbocycles. The van der Waals surface area contributed by atoms with Gasteiger partial charge < -0.3 is 4.74 Å². The molecule has 8 heteroatoms. The van der Waals surface area contributed by atoms with Crippen molar-refractivity contribution in [3.8, 4) is 11.8 Å². The molecule has 0 aliphatic carbocycles. The lowest BCUT2D eigenvalue weighted by molar-refractivity contribution is 0.0516. The fourth-order valence-corrected chi connectivity index (χ4v) is 2.47. The number of esters is 1. The van der Waals surface area contributed by atoms with Gasteiger partial charge in [-0.05, 0) is 32.0 Å². The van der Waals surface area contributed by atoms with Crippen LogP contribution < -0.4 is 5.49 Å². The Morgan fingerprint density at radius 1 is 1.48 bits per heavy atom. The van der Waals surface area contributed by atoms with Crippen LogP contribution in [0, 0.1) is 23.7 Å². The Morgan fingerprint density at radius 2 is 2.17 bits per heavy atom. The van der Waals surface area contributed by atoms with E-state index in [1.807, 2.05) is 6.07 Å². The first-order valence-corrected chi connectivity index (χ1v) is 7.37. The number of nitrogens with one attached hydrogen (secondary N) is 1. The van der Waals surface area contributed by atoms with E-state index in [0.717, 1.165) is 4.68 Å². The monoisotopic (exact) mass is 350 g/mol. The SMILES string of the molecule is CCOC(=O)c1nn(-c2ccc(Cl)cc2Cl)c(=N)c(C#N)c1C. The molecule has 0 fully saturated rings. The number of hydrogen-bond donors (Lipinski definition) is 1. The molecular weight excluding hydrogens is 339 g/mol. The summed E-state index contributed by atoms with van der Waals surface area (Å²) in [5.74, 6) is -0.666. The second-order valence-corrected chi connectivity index (χ2v) is 5.38. The van der Waals surface area contributed by atoms with Crippen molar-refractivity contribution < 1.29 is 9.53 Å². The molecule has 1 aromatic heterocycles. The molecule has 0 bridgehead atoms. The van der Waals surface area contributed by atoms with Crippen LogP contribution in [0.1, 0.15) is 28.5 Å². The molecular formula is C15H12Cl2N4O2. The zero-order valence-electron chi connectivity index (χ0n) is 12.4. The second kappa shape index (κ2) is 6.82. The molecule has 118 valence electrons. The summed E-state index contributed by atoms with van der Waals surface area (Å²) in [7, 11) is 0. The number of nitriles is 1. The van der Waals surface area contributed by atoms with Crippen molar-refractivity contribution in [2.45, 2.75) is 13.8 Å². The van der Waals surface area contributed by atoms with E-state index in [4.69, 9.17) is 33.3 Å². The molecule has 0 aliphatic rings. The Balaban J connectivity index is 2.79. The summed E-state index contributed by atoms with van der Waals surface area (Å²) < 4.78 is 6.07. The number of rotatable bonds is 3. The van der Waals surface area contributed by atoms with Crippen LogP contribution in [-0.4, -0.2) is 22.4 Å². The summed E-state index contributed by atoms with van der Waals surface area (Å²) in [6.07, 6.45) is 0. The highest BCUT2D eigenvalue weighted by Crippen LogP contribution is 2.23. The highest BCUT2D eigenvalue weighted by molar-refractivity contribution is 6.35. The van der Waals surface area contributed by atoms with E-state index in [-0.39, 0.29) is 33.9 Å². The number of halogens is 2. The van der Waals surface area contributed by atoms with Crippen LogP contribution in [0.25, 0.3) is 5.69 Å². The van der Waals surface area contributed by atoms with Gasteiger partial charge in [-0.15, -0.1) is 0 Å². The number of ether oxygens (including phenoxy) is 1. The van der Waals surface area contributed by atoms with Crippen LogP contribution in [0.15, 0.2) is 18.2 Å². The fourth-order valence-electron chi connectivity index (χ4n) is 1.98. The minimum absolute atomic E-state index is 0.0223. The maximum Gasteiger partial charge on any atom is 0.359 e. The predicted molar refractivity (Wildman–Crippen MR) is 84.8 cm³/mol. The third kappa shape index (κ3) is 3.21. The molecule has 1 aromatic carbocycles. The van der Waals surface area contributed by atoms with Gasteiger partial charge in [-0.3, -0.25) is 5.41 Å². The van der Waals surface area contributed by atoms with Crippen LogP contribution in [-0.2, 0) is 4.74 Å². The molecule has 0 aliphatic heterocycles. The van der Waals surface area contributed by atoms with Crippen molar-refractivity contribution in [2.24, 2.45) is 0 Å². The fraction of sp³-hybridized carbons (Fsp3) is 0.200. The molecule has 0 unspecified atom stereocenters. The zero-order chi connectivity index (χ0) is 17.1. The summed E-state index contributed by atoms with van der Waals surface area (Å²) in [4.78, 5) is 12.0. The van der Waals surface area contributed by atoms with Crippen molar-refractivity contribution in [1.82, 2.24) is 9.78 Å². The molecule has 0 radical (unpaired) electrons. The lowest BCUT2D eigenvalue weighted by Gasteiger charge is -2.13. The summed E-state index contributed by atoms with van der Waals surface area (Å²) in [6, 6.07) is 6.54. The molecule has 0 saturated heterocycles. The number of carbonyl (C=O) groups is 1. The Morgan fingerprint density at radius 3 is 2.74 bits per heavy atom. The molecule has 6 nitrogen and oxygen atoms in total. The van der Waals surface area contributed by atoms with Crippen LogP contribution in [0.2, 0.25) is 10.0 Å². The number of benzene rings is 1. The summed E-state index contributed by atoms with van der Waals surface area (Å²) in [6.45, 7) is 3.39. The topological polar surface area (TPSA) is 91.8 Å². The maximum absolute atomic E-state index is 12.0. The van der Waals surface area contributed by atoms with Crippen molar-refractivity contribution >= 4 is 29.2 Å². The minimum Gasteiger partial charge on any atom is -0.461 e. The van der Waals surface area contributed by atoms with E-state index in [1.54, 1.807) is 26.0 Å². The summed E-state index contributed by atoms with van der Waals surface area (Å²) >= 11 is 12.0. The van der Waals surface area contributed by atoms with Crippen LogP contribution in [0.4, 0.5) is 0 Å². The van der Waals surface area contributed by atoms with Crippen molar-refractivity contribution in [1.29, 1.82) is 10.7 Å². The third-order valence-electron chi connectivity index (χ3n) is 3.10. The molecule has 1 heterocycles. The van der Waals surface area contributed by atoms with Gasteiger partial charge in [0.25, 0.3) is 0 Å². The van der Waals surface area contributed by atoms with Gasteiger partial charge in [0, 0.05) is 10.6 Å². The quantitative estimate of drug-likeness (QED) is 0.861. The first-order chi connectivity index (χ1) is 10.9. The van der Waals surface area contributed by atoms with Crippen LogP contribution in [0.5, 0.6) is 0 Å². The van der Waals surface area contributed by atoms with Crippen LogP contribution >= 0.6 is 23.2 Å².